The molecule has 0 saturated carbocycles. The maximum absolute atomic E-state index is 12.1. The molecule has 0 aliphatic rings. The van der Waals surface area contributed by atoms with Gasteiger partial charge >= 0.3 is 0 Å². The largest absolute Gasteiger partial charge is 0.326 e. The van der Waals surface area contributed by atoms with Gasteiger partial charge in [0.25, 0.3) is 5.69 Å². The number of carbonyl (C=O) groups excluding carboxylic acids is 1. The Morgan fingerprint density at radius 2 is 1.96 bits per heavy atom. The fourth-order valence-corrected chi connectivity index (χ4v) is 2.32. The Labute approximate surface area is 142 Å². The number of nitro benzene ring substituents is 1. The second kappa shape index (κ2) is 7.30. The van der Waals surface area contributed by atoms with Gasteiger partial charge in [-0.25, -0.2) is 0 Å². The summed E-state index contributed by atoms with van der Waals surface area (Å²) < 4.78 is 0. The van der Waals surface area contributed by atoms with Gasteiger partial charge in [0, 0.05) is 24.2 Å². The predicted molar refractivity (Wildman–Crippen MR) is 88.9 cm³/mol. The van der Waals surface area contributed by atoms with Gasteiger partial charge < -0.3 is 5.32 Å². The van der Waals surface area contributed by atoms with Crippen molar-refractivity contribution < 1.29 is 9.72 Å². The number of tetrazole rings is 1. The van der Waals surface area contributed by atoms with E-state index in [1.54, 1.807) is 24.3 Å². The van der Waals surface area contributed by atoms with E-state index < -0.39 is 4.92 Å². The van der Waals surface area contributed by atoms with Gasteiger partial charge in [0.2, 0.25) is 5.91 Å². The summed E-state index contributed by atoms with van der Waals surface area (Å²) >= 11 is 0. The number of H-pyrrole nitrogens is 1. The molecule has 2 N–H and O–H groups in total. The van der Waals surface area contributed by atoms with Crippen molar-refractivity contribution in [2.24, 2.45) is 0 Å². The highest BCUT2D eigenvalue weighted by Gasteiger charge is 2.09. The summed E-state index contributed by atoms with van der Waals surface area (Å²) in [7, 11) is 0. The van der Waals surface area contributed by atoms with Crippen molar-refractivity contribution in [3.8, 4) is 0 Å². The number of aromatic nitrogens is 4. The summed E-state index contributed by atoms with van der Waals surface area (Å²) in [5.74, 6) is 0.342. The van der Waals surface area contributed by atoms with Crippen LogP contribution in [0.5, 0.6) is 0 Å². The number of nitro groups is 1. The first-order valence-electron chi connectivity index (χ1n) is 7.44. The van der Waals surface area contributed by atoms with E-state index in [1.807, 2.05) is 12.1 Å². The number of rotatable bonds is 6. The maximum Gasteiger partial charge on any atom is 0.269 e. The van der Waals surface area contributed by atoms with Gasteiger partial charge in [0.15, 0.2) is 5.82 Å². The van der Waals surface area contributed by atoms with Gasteiger partial charge in [-0.05, 0) is 23.3 Å². The third kappa shape index (κ3) is 4.44. The Bertz CT molecular complexity index is 877. The molecule has 0 saturated heterocycles. The Balaban J connectivity index is 1.59. The van der Waals surface area contributed by atoms with Crippen LogP contribution >= 0.6 is 0 Å². The first-order chi connectivity index (χ1) is 12.1. The average Bonchev–Trinajstić information content (AvgIpc) is 3.10. The topological polar surface area (TPSA) is 127 Å². The minimum atomic E-state index is -0.482. The zero-order chi connectivity index (χ0) is 17.6. The molecule has 126 valence electrons. The molecule has 0 spiro atoms. The molecular formula is C16H14N6O3. The quantitative estimate of drug-likeness (QED) is 0.522. The number of hydrogen-bond acceptors (Lipinski definition) is 6. The minimum Gasteiger partial charge on any atom is -0.326 e. The molecule has 0 bridgehead atoms. The lowest BCUT2D eigenvalue weighted by molar-refractivity contribution is -0.384. The van der Waals surface area contributed by atoms with E-state index in [0.29, 0.717) is 23.5 Å². The Morgan fingerprint density at radius 3 is 2.64 bits per heavy atom. The Kier molecular flexibility index (Phi) is 4.74. The third-order valence-corrected chi connectivity index (χ3v) is 3.48. The zero-order valence-electron chi connectivity index (χ0n) is 13.0. The smallest absolute Gasteiger partial charge is 0.269 e. The number of non-ortho nitro benzene ring substituents is 1. The third-order valence-electron chi connectivity index (χ3n) is 3.48. The fraction of sp³-hybridized carbons (Fsp3) is 0.125. The molecular weight excluding hydrogens is 324 g/mol. The van der Waals surface area contributed by atoms with Crippen LogP contribution in [-0.2, 0) is 17.6 Å². The molecule has 0 unspecified atom stereocenters. The number of benzene rings is 2. The molecule has 0 aliphatic carbocycles. The second-order valence-electron chi connectivity index (χ2n) is 5.35. The standard InChI is InChI=1S/C16H14N6O3/c23-16(10-12-2-1-3-14(8-12)22(24)25)17-13-6-4-11(5-7-13)9-15-18-20-21-19-15/h1-8H,9-10H2,(H,17,23)(H,18,19,20,21). The lowest BCUT2D eigenvalue weighted by Crippen LogP contribution is -2.14. The number of nitrogens with one attached hydrogen (secondary N) is 2. The van der Waals surface area contributed by atoms with Crippen molar-refractivity contribution >= 4 is 17.3 Å². The molecule has 0 aliphatic heterocycles. The summed E-state index contributed by atoms with van der Waals surface area (Å²) in [5, 5.41) is 27.2. The fourth-order valence-electron chi connectivity index (χ4n) is 2.32. The number of carbonyl (C=O) groups is 1. The first kappa shape index (κ1) is 16.2. The van der Waals surface area contributed by atoms with Gasteiger partial charge in [-0.15, -0.1) is 10.2 Å². The Hall–Kier alpha value is -3.62. The average molecular weight is 338 g/mol. The van der Waals surface area contributed by atoms with Crippen LogP contribution in [0.2, 0.25) is 0 Å². The van der Waals surface area contributed by atoms with Crippen molar-refractivity contribution in [2.75, 3.05) is 5.32 Å². The SMILES string of the molecule is O=C(Cc1cccc([N+](=O)[O-])c1)Nc1ccc(Cc2nn[nH]n2)cc1. The first-order valence-corrected chi connectivity index (χ1v) is 7.44. The van der Waals surface area contributed by atoms with E-state index in [0.717, 1.165) is 5.56 Å². The van der Waals surface area contributed by atoms with E-state index in [1.165, 1.54) is 12.1 Å². The van der Waals surface area contributed by atoms with Crippen LogP contribution in [0.1, 0.15) is 17.0 Å². The number of nitrogens with zero attached hydrogens (tertiary/aromatic N) is 4. The summed E-state index contributed by atoms with van der Waals surface area (Å²) in [6.45, 7) is 0. The summed E-state index contributed by atoms with van der Waals surface area (Å²) in [5.41, 5.74) is 2.18. The van der Waals surface area contributed by atoms with Crippen molar-refractivity contribution in [2.45, 2.75) is 12.8 Å². The monoisotopic (exact) mass is 338 g/mol. The van der Waals surface area contributed by atoms with Crippen molar-refractivity contribution in [3.05, 3.63) is 75.6 Å². The highest BCUT2D eigenvalue weighted by molar-refractivity contribution is 5.92. The molecule has 1 heterocycles. The maximum atomic E-state index is 12.1. The van der Waals surface area contributed by atoms with E-state index in [2.05, 4.69) is 25.9 Å². The van der Waals surface area contributed by atoms with Crippen LogP contribution in [0.15, 0.2) is 48.5 Å². The molecule has 25 heavy (non-hydrogen) atoms. The van der Waals surface area contributed by atoms with Crippen LogP contribution in [-0.4, -0.2) is 31.5 Å². The predicted octanol–water partition coefficient (Wildman–Crippen LogP) is 1.88. The van der Waals surface area contributed by atoms with Crippen LogP contribution in [0, 0.1) is 10.1 Å². The van der Waals surface area contributed by atoms with Crippen LogP contribution in [0.25, 0.3) is 0 Å². The van der Waals surface area contributed by atoms with Crippen LogP contribution < -0.4 is 5.32 Å². The van der Waals surface area contributed by atoms with E-state index >= 15 is 0 Å². The van der Waals surface area contributed by atoms with Gasteiger partial charge in [0.05, 0.1) is 11.3 Å². The molecule has 0 radical (unpaired) electrons. The molecule has 9 nitrogen and oxygen atoms in total. The van der Waals surface area contributed by atoms with Crippen LogP contribution in [0.3, 0.4) is 0 Å². The highest BCUT2D eigenvalue weighted by atomic mass is 16.6. The molecule has 0 atom stereocenters. The van der Waals surface area contributed by atoms with Gasteiger partial charge in [-0.1, -0.05) is 29.5 Å². The van der Waals surface area contributed by atoms with Gasteiger partial charge in [0.1, 0.15) is 0 Å². The lowest BCUT2D eigenvalue weighted by atomic mass is 10.1. The number of aromatic amines is 1. The van der Waals surface area contributed by atoms with Crippen LogP contribution in [0.4, 0.5) is 11.4 Å². The molecule has 1 amide bonds. The lowest BCUT2D eigenvalue weighted by Gasteiger charge is -2.06. The van der Waals surface area contributed by atoms with E-state index in [-0.39, 0.29) is 18.0 Å². The van der Waals surface area contributed by atoms with Crippen molar-refractivity contribution in [3.63, 3.8) is 0 Å². The van der Waals surface area contributed by atoms with E-state index in [4.69, 9.17) is 0 Å². The van der Waals surface area contributed by atoms with Gasteiger partial charge in [-0.3, -0.25) is 14.9 Å². The second-order valence-corrected chi connectivity index (χ2v) is 5.35. The molecule has 1 aromatic heterocycles. The number of amides is 1. The summed E-state index contributed by atoms with van der Waals surface area (Å²) in [6.07, 6.45) is 0.602. The highest BCUT2D eigenvalue weighted by Crippen LogP contribution is 2.15. The molecule has 2 aromatic carbocycles. The van der Waals surface area contributed by atoms with Crippen molar-refractivity contribution in [1.29, 1.82) is 0 Å². The van der Waals surface area contributed by atoms with E-state index in [9.17, 15) is 14.9 Å². The number of hydrogen-bond donors (Lipinski definition) is 2. The summed E-state index contributed by atoms with van der Waals surface area (Å²) in [6, 6.07) is 13.3. The molecule has 3 rings (SSSR count). The normalized spacial score (nSPS) is 10.4. The summed E-state index contributed by atoms with van der Waals surface area (Å²) in [4.78, 5) is 22.4. The molecule has 3 aromatic rings. The van der Waals surface area contributed by atoms with Gasteiger partial charge in [-0.2, -0.15) is 5.21 Å². The minimum absolute atomic E-state index is 0.0314. The molecule has 0 fully saturated rings. The number of anilines is 1. The molecule has 9 heteroatoms. The zero-order valence-corrected chi connectivity index (χ0v) is 13.0. The Morgan fingerprint density at radius 1 is 1.16 bits per heavy atom. The van der Waals surface area contributed by atoms with Crippen molar-refractivity contribution in [1.82, 2.24) is 20.6 Å².